The summed E-state index contributed by atoms with van der Waals surface area (Å²) < 4.78 is 31.4. The van der Waals surface area contributed by atoms with E-state index in [2.05, 4.69) is 31.1 Å². The summed E-state index contributed by atoms with van der Waals surface area (Å²) in [6.07, 6.45) is 1.62. The molecular weight excluding hydrogens is 274 g/mol. The molecule has 0 unspecified atom stereocenters. The zero-order valence-electron chi connectivity index (χ0n) is 12.3. The highest BCUT2D eigenvalue weighted by molar-refractivity contribution is 5.29. The fraction of sp³-hybridized carbons (Fsp3) is 0.312. The van der Waals surface area contributed by atoms with E-state index in [-0.39, 0.29) is 11.3 Å². The van der Waals surface area contributed by atoms with Crippen molar-refractivity contribution in [1.29, 1.82) is 0 Å². The minimum Gasteiger partial charge on any atom is -0.439 e. The minimum atomic E-state index is -0.946. The van der Waals surface area contributed by atoms with E-state index < -0.39 is 11.6 Å². The molecule has 1 N–H and O–H groups in total. The molecule has 5 heteroatoms. The maximum Gasteiger partial charge on any atom is 0.219 e. The van der Waals surface area contributed by atoms with Crippen LogP contribution in [-0.2, 0) is 6.54 Å². The Morgan fingerprint density at radius 1 is 1.10 bits per heavy atom. The first-order valence-corrected chi connectivity index (χ1v) is 6.66. The highest BCUT2D eigenvalue weighted by Crippen LogP contribution is 2.22. The van der Waals surface area contributed by atoms with Crippen LogP contribution in [0.4, 0.5) is 8.78 Å². The number of aromatic nitrogens is 1. The van der Waals surface area contributed by atoms with E-state index in [9.17, 15) is 8.78 Å². The molecule has 0 bridgehead atoms. The Hall–Kier alpha value is -2.01. The van der Waals surface area contributed by atoms with Crippen molar-refractivity contribution in [2.75, 3.05) is 0 Å². The third-order valence-electron chi connectivity index (χ3n) is 2.74. The van der Waals surface area contributed by atoms with Crippen molar-refractivity contribution in [3.8, 4) is 11.6 Å². The van der Waals surface area contributed by atoms with Gasteiger partial charge in [0, 0.05) is 30.4 Å². The number of nitrogens with zero attached hydrogens (tertiary/aromatic N) is 1. The van der Waals surface area contributed by atoms with Crippen LogP contribution < -0.4 is 10.1 Å². The Morgan fingerprint density at radius 2 is 1.86 bits per heavy atom. The third-order valence-corrected chi connectivity index (χ3v) is 2.74. The molecule has 2 rings (SSSR count). The number of rotatable bonds is 4. The molecule has 0 spiro atoms. The molecule has 0 aliphatic carbocycles. The van der Waals surface area contributed by atoms with E-state index in [1.54, 1.807) is 12.3 Å². The second kappa shape index (κ2) is 6.18. The second-order valence-electron chi connectivity index (χ2n) is 5.78. The van der Waals surface area contributed by atoms with Gasteiger partial charge in [-0.2, -0.15) is 0 Å². The van der Waals surface area contributed by atoms with Crippen LogP contribution in [0.5, 0.6) is 11.6 Å². The van der Waals surface area contributed by atoms with Gasteiger partial charge in [0.25, 0.3) is 0 Å². The predicted molar refractivity (Wildman–Crippen MR) is 77.3 cm³/mol. The topological polar surface area (TPSA) is 34.2 Å². The van der Waals surface area contributed by atoms with Crippen molar-refractivity contribution in [3.63, 3.8) is 0 Å². The fourth-order valence-corrected chi connectivity index (χ4v) is 1.64. The van der Waals surface area contributed by atoms with Gasteiger partial charge in [0.1, 0.15) is 5.75 Å². The smallest absolute Gasteiger partial charge is 0.219 e. The van der Waals surface area contributed by atoms with Crippen LogP contribution in [0.25, 0.3) is 0 Å². The van der Waals surface area contributed by atoms with Gasteiger partial charge in [0.2, 0.25) is 5.88 Å². The van der Waals surface area contributed by atoms with Gasteiger partial charge in [-0.1, -0.05) is 0 Å². The Kier molecular flexibility index (Phi) is 4.53. The number of ether oxygens (including phenoxy) is 1. The molecule has 0 saturated heterocycles. The molecule has 0 amide bonds. The molecule has 21 heavy (non-hydrogen) atoms. The van der Waals surface area contributed by atoms with E-state index in [1.807, 2.05) is 6.07 Å². The predicted octanol–water partition coefficient (Wildman–Crippen LogP) is 4.04. The molecule has 0 aliphatic rings. The lowest BCUT2D eigenvalue weighted by molar-refractivity contribution is 0.421. The van der Waals surface area contributed by atoms with E-state index in [0.717, 1.165) is 17.7 Å². The third kappa shape index (κ3) is 4.79. The normalized spacial score (nSPS) is 11.5. The molecular formula is C16H18F2N2O. The largest absolute Gasteiger partial charge is 0.439 e. The Balaban J connectivity index is 2.08. The van der Waals surface area contributed by atoms with Gasteiger partial charge in [-0.15, -0.1) is 0 Å². The van der Waals surface area contributed by atoms with Crippen molar-refractivity contribution in [1.82, 2.24) is 10.3 Å². The van der Waals surface area contributed by atoms with Crippen LogP contribution >= 0.6 is 0 Å². The number of pyridine rings is 1. The van der Waals surface area contributed by atoms with Crippen molar-refractivity contribution in [2.45, 2.75) is 32.9 Å². The Bertz CT molecular complexity index is 624. The number of nitrogens with one attached hydrogen (secondary N) is 1. The summed E-state index contributed by atoms with van der Waals surface area (Å²) in [5.74, 6) is -1.30. The lowest BCUT2D eigenvalue weighted by Crippen LogP contribution is -2.35. The van der Waals surface area contributed by atoms with Crippen LogP contribution in [0, 0.1) is 11.6 Å². The molecule has 112 valence electrons. The molecule has 0 aliphatic heterocycles. The maximum atomic E-state index is 13.1. The van der Waals surface area contributed by atoms with Gasteiger partial charge < -0.3 is 10.1 Å². The minimum absolute atomic E-state index is 0.00434. The molecule has 2 aromatic rings. The summed E-state index contributed by atoms with van der Waals surface area (Å²) in [5, 5.41) is 3.35. The average Bonchev–Trinajstić information content (AvgIpc) is 2.40. The average molecular weight is 292 g/mol. The number of hydrogen-bond donors (Lipinski definition) is 1. The van der Waals surface area contributed by atoms with Crippen LogP contribution in [0.1, 0.15) is 26.3 Å². The van der Waals surface area contributed by atoms with E-state index in [1.165, 1.54) is 6.07 Å². The van der Waals surface area contributed by atoms with Gasteiger partial charge in [0.05, 0.1) is 0 Å². The Labute approximate surface area is 123 Å². The molecule has 1 aromatic heterocycles. The monoisotopic (exact) mass is 292 g/mol. The highest BCUT2D eigenvalue weighted by atomic mass is 19.2. The second-order valence-corrected chi connectivity index (χ2v) is 5.78. The number of benzene rings is 1. The number of halogens is 2. The van der Waals surface area contributed by atoms with Crippen molar-refractivity contribution < 1.29 is 13.5 Å². The van der Waals surface area contributed by atoms with Crippen LogP contribution in [-0.4, -0.2) is 10.5 Å². The maximum absolute atomic E-state index is 13.1. The first kappa shape index (κ1) is 15.4. The van der Waals surface area contributed by atoms with Gasteiger partial charge >= 0.3 is 0 Å². The summed E-state index contributed by atoms with van der Waals surface area (Å²) >= 11 is 0. The summed E-state index contributed by atoms with van der Waals surface area (Å²) in [6, 6.07) is 7.02. The Morgan fingerprint density at radius 3 is 2.52 bits per heavy atom. The summed E-state index contributed by atoms with van der Waals surface area (Å²) in [5.41, 5.74) is 1.00. The quantitative estimate of drug-likeness (QED) is 0.923. The van der Waals surface area contributed by atoms with Crippen LogP contribution in [0.3, 0.4) is 0 Å². The van der Waals surface area contributed by atoms with Crippen molar-refractivity contribution >= 4 is 0 Å². The molecule has 0 fully saturated rings. The summed E-state index contributed by atoms with van der Waals surface area (Å²) in [7, 11) is 0. The summed E-state index contributed by atoms with van der Waals surface area (Å²) in [6.45, 7) is 6.90. The van der Waals surface area contributed by atoms with E-state index >= 15 is 0 Å². The van der Waals surface area contributed by atoms with E-state index in [4.69, 9.17) is 4.74 Å². The molecule has 1 aromatic carbocycles. The lowest BCUT2D eigenvalue weighted by atomic mass is 10.1. The fourth-order valence-electron chi connectivity index (χ4n) is 1.64. The zero-order valence-corrected chi connectivity index (χ0v) is 12.3. The number of hydrogen-bond acceptors (Lipinski definition) is 3. The standard InChI is InChI=1S/C16H18F2N2O/c1-16(2,3)20-10-11-6-7-19-15(8-11)21-12-4-5-13(17)14(18)9-12/h4-9,20H,10H2,1-3H3. The summed E-state index contributed by atoms with van der Waals surface area (Å²) in [4.78, 5) is 4.07. The highest BCUT2D eigenvalue weighted by Gasteiger charge is 2.09. The van der Waals surface area contributed by atoms with Gasteiger partial charge in [-0.05, 0) is 44.5 Å². The van der Waals surface area contributed by atoms with Gasteiger partial charge in [-0.25, -0.2) is 13.8 Å². The zero-order chi connectivity index (χ0) is 15.5. The first-order valence-electron chi connectivity index (χ1n) is 6.66. The van der Waals surface area contributed by atoms with Gasteiger partial charge in [-0.3, -0.25) is 0 Å². The molecule has 1 heterocycles. The lowest BCUT2D eigenvalue weighted by Gasteiger charge is -2.20. The molecule has 3 nitrogen and oxygen atoms in total. The van der Waals surface area contributed by atoms with E-state index in [0.29, 0.717) is 12.4 Å². The molecule has 0 radical (unpaired) electrons. The van der Waals surface area contributed by atoms with Crippen molar-refractivity contribution in [2.24, 2.45) is 0 Å². The van der Waals surface area contributed by atoms with Crippen LogP contribution in [0.15, 0.2) is 36.5 Å². The molecule has 0 saturated carbocycles. The SMILES string of the molecule is CC(C)(C)NCc1ccnc(Oc2ccc(F)c(F)c2)c1. The molecule has 0 atom stereocenters. The first-order chi connectivity index (χ1) is 9.83. The van der Waals surface area contributed by atoms with Gasteiger partial charge in [0.15, 0.2) is 11.6 Å². The van der Waals surface area contributed by atoms with Crippen LogP contribution in [0.2, 0.25) is 0 Å². The van der Waals surface area contributed by atoms with Crippen molar-refractivity contribution in [3.05, 3.63) is 53.7 Å².